The zero-order valence-corrected chi connectivity index (χ0v) is 33.1. The summed E-state index contributed by atoms with van der Waals surface area (Å²) in [5.41, 5.74) is 6.51. The fourth-order valence-corrected chi connectivity index (χ4v) is 8.24. The fraction of sp³-hybridized carbons (Fsp3) is 0.289. The molecule has 2 aliphatic heterocycles. The van der Waals surface area contributed by atoms with Crippen LogP contribution in [0.3, 0.4) is 0 Å². The average Bonchev–Trinajstić information content (AvgIpc) is 4.11. The summed E-state index contributed by atoms with van der Waals surface area (Å²) in [5, 5.41) is 7.38. The molecule has 2 saturated heterocycles. The van der Waals surface area contributed by atoms with E-state index < -0.39 is 18.2 Å². The van der Waals surface area contributed by atoms with Crippen LogP contribution in [0.1, 0.15) is 61.5 Å². The quantitative estimate of drug-likeness (QED) is 0.112. The zero-order chi connectivity index (χ0) is 41.0. The molecule has 59 heavy (non-hydrogen) atoms. The van der Waals surface area contributed by atoms with Crippen molar-refractivity contribution in [1.82, 2.24) is 40.4 Å². The molecule has 0 radical (unpaired) electrons. The first kappa shape index (κ1) is 38.9. The summed E-state index contributed by atoms with van der Waals surface area (Å²) < 4.78 is 9.44. The third-order valence-electron chi connectivity index (χ3n) is 11.3. The van der Waals surface area contributed by atoms with Gasteiger partial charge in [0, 0.05) is 18.7 Å². The number of hydrogen-bond acceptors (Lipinski definition) is 8. The number of aromatic amines is 2. The molecule has 0 unspecified atom stereocenters. The van der Waals surface area contributed by atoms with Gasteiger partial charge < -0.3 is 39.9 Å². The molecule has 4 heterocycles. The number of nitrogens with zero attached hydrogens (tertiary/aromatic N) is 4. The first-order chi connectivity index (χ1) is 28.7. The largest absolute Gasteiger partial charge is 0.453 e. The molecule has 6 aromatic rings. The second kappa shape index (κ2) is 16.9. The second-order valence-corrected chi connectivity index (χ2v) is 15.1. The Morgan fingerprint density at radius 1 is 0.746 bits per heavy atom. The summed E-state index contributed by atoms with van der Waals surface area (Å²) in [5.74, 6) is 1.28. The van der Waals surface area contributed by atoms with Crippen molar-refractivity contribution in [1.29, 1.82) is 0 Å². The van der Waals surface area contributed by atoms with Gasteiger partial charge in [0.2, 0.25) is 5.91 Å². The van der Waals surface area contributed by atoms with Crippen molar-refractivity contribution in [3.05, 3.63) is 121 Å². The predicted molar refractivity (Wildman–Crippen MR) is 222 cm³/mol. The Kier molecular flexibility index (Phi) is 11.1. The van der Waals surface area contributed by atoms with E-state index in [-0.39, 0.29) is 36.4 Å². The molecule has 0 spiro atoms. The molecule has 0 saturated carbocycles. The van der Waals surface area contributed by atoms with Crippen LogP contribution in [-0.4, -0.2) is 87.6 Å². The third kappa shape index (κ3) is 8.24. The van der Waals surface area contributed by atoms with Gasteiger partial charge >= 0.3 is 12.2 Å². The lowest BCUT2D eigenvalue weighted by molar-refractivity contribution is -0.134. The number of benzene rings is 4. The van der Waals surface area contributed by atoms with Gasteiger partial charge in [0.1, 0.15) is 24.2 Å². The van der Waals surface area contributed by atoms with E-state index in [9.17, 15) is 19.2 Å². The summed E-state index contributed by atoms with van der Waals surface area (Å²) in [4.78, 5) is 70.5. The minimum absolute atomic E-state index is 0.126. The van der Waals surface area contributed by atoms with Gasteiger partial charge in [-0.25, -0.2) is 19.6 Å². The van der Waals surface area contributed by atoms with Gasteiger partial charge in [-0.1, -0.05) is 85.8 Å². The highest BCUT2D eigenvalue weighted by Gasteiger charge is 2.40. The highest BCUT2D eigenvalue weighted by atomic mass is 16.5. The number of methoxy groups -OCH3 is 2. The summed E-state index contributed by atoms with van der Waals surface area (Å²) in [7, 11) is 2.55. The van der Waals surface area contributed by atoms with Crippen LogP contribution < -0.4 is 10.6 Å². The molecule has 2 aromatic heterocycles. The van der Waals surface area contributed by atoms with E-state index >= 15 is 0 Å². The van der Waals surface area contributed by atoms with Crippen LogP contribution >= 0.6 is 0 Å². The molecule has 14 heteroatoms. The van der Waals surface area contributed by atoms with Crippen LogP contribution in [0.25, 0.3) is 44.4 Å². The van der Waals surface area contributed by atoms with Crippen LogP contribution in [0.4, 0.5) is 9.59 Å². The Bertz CT molecular complexity index is 2480. The number of alkyl carbamates (subject to hydrolysis) is 2. The number of rotatable bonds is 10. The second-order valence-electron chi connectivity index (χ2n) is 15.1. The zero-order valence-electron chi connectivity index (χ0n) is 33.1. The van der Waals surface area contributed by atoms with Crippen molar-refractivity contribution in [2.24, 2.45) is 5.92 Å². The maximum atomic E-state index is 14.0. The van der Waals surface area contributed by atoms with Crippen LogP contribution in [0, 0.1) is 5.92 Å². The number of hydrogen-bond donors (Lipinski definition) is 4. The average molecular weight is 795 g/mol. The third-order valence-corrected chi connectivity index (χ3v) is 11.3. The smallest absolute Gasteiger partial charge is 0.407 e. The number of H-pyrrole nitrogens is 2. The van der Waals surface area contributed by atoms with Crippen molar-refractivity contribution >= 4 is 34.8 Å². The lowest BCUT2D eigenvalue weighted by Gasteiger charge is -2.28. The highest BCUT2D eigenvalue weighted by Crippen LogP contribution is 2.38. The van der Waals surface area contributed by atoms with E-state index in [0.29, 0.717) is 24.5 Å². The van der Waals surface area contributed by atoms with E-state index in [1.54, 1.807) is 11.1 Å². The van der Waals surface area contributed by atoms with Gasteiger partial charge in [-0.05, 0) is 70.3 Å². The molecular formula is C45H46N8O6. The Hall–Kier alpha value is -6.96. The number of fused-ring (bicyclic) bond motifs is 1. The van der Waals surface area contributed by atoms with Crippen molar-refractivity contribution in [3.8, 4) is 33.6 Å². The predicted octanol–water partition coefficient (Wildman–Crippen LogP) is 7.31. The lowest BCUT2D eigenvalue weighted by atomic mass is 9.98. The van der Waals surface area contributed by atoms with Crippen LogP contribution in [-0.2, 0) is 19.1 Å². The molecule has 0 bridgehead atoms. The molecule has 14 nitrogen and oxygen atoms in total. The van der Waals surface area contributed by atoms with Gasteiger partial charge in [-0.3, -0.25) is 9.59 Å². The highest BCUT2D eigenvalue weighted by molar-refractivity contribution is 5.91. The fourth-order valence-electron chi connectivity index (χ4n) is 8.24. The van der Waals surface area contributed by atoms with Crippen molar-refractivity contribution in [2.45, 2.75) is 44.3 Å². The van der Waals surface area contributed by atoms with Crippen molar-refractivity contribution in [3.63, 3.8) is 0 Å². The number of amides is 4. The number of imidazole rings is 2. The first-order valence-corrected chi connectivity index (χ1v) is 19.7. The van der Waals surface area contributed by atoms with Crippen molar-refractivity contribution in [2.75, 3.05) is 33.9 Å². The minimum Gasteiger partial charge on any atom is -0.453 e. The Morgan fingerprint density at radius 2 is 1.36 bits per heavy atom. The van der Waals surface area contributed by atoms with E-state index in [1.807, 2.05) is 41.4 Å². The lowest BCUT2D eigenvalue weighted by Crippen LogP contribution is -2.43. The number of aromatic nitrogens is 4. The maximum absolute atomic E-state index is 14.0. The van der Waals surface area contributed by atoms with Crippen LogP contribution in [0.15, 0.2) is 103 Å². The number of carbonyl (C=O) groups excluding carboxylic acids is 4. The number of nitrogens with one attached hydrogen (secondary N) is 4. The summed E-state index contributed by atoms with van der Waals surface area (Å²) >= 11 is 0. The molecule has 0 aliphatic carbocycles. The molecule has 302 valence electrons. The van der Waals surface area contributed by atoms with Crippen molar-refractivity contribution < 1.29 is 28.7 Å². The molecule has 4 N–H and O–H groups in total. The van der Waals surface area contributed by atoms with E-state index in [0.717, 1.165) is 69.5 Å². The summed E-state index contributed by atoms with van der Waals surface area (Å²) in [6, 6.07) is 28.9. The molecule has 8 rings (SSSR count). The molecule has 2 fully saturated rings. The number of ether oxygens (including phenoxy) is 2. The normalized spacial score (nSPS) is 18.1. The summed E-state index contributed by atoms with van der Waals surface area (Å²) in [6.07, 6.45) is 4.69. The van der Waals surface area contributed by atoms with Crippen LogP contribution in [0.2, 0.25) is 0 Å². The Labute approximate surface area is 341 Å². The maximum Gasteiger partial charge on any atom is 0.407 e. The van der Waals surface area contributed by atoms with E-state index in [2.05, 4.69) is 97.9 Å². The molecule has 2 aliphatic rings. The minimum atomic E-state index is -0.890. The van der Waals surface area contributed by atoms with Gasteiger partial charge in [0.15, 0.2) is 0 Å². The molecule has 4 amide bonds. The van der Waals surface area contributed by atoms with Crippen LogP contribution in [0.5, 0.6) is 0 Å². The molecular weight excluding hydrogens is 749 g/mol. The summed E-state index contributed by atoms with van der Waals surface area (Å²) in [6.45, 7) is 3.13. The number of carbonyl (C=O) groups is 4. The van der Waals surface area contributed by atoms with Gasteiger partial charge in [-0.15, -0.1) is 0 Å². The monoisotopic (exact) mass is 794 g/mol. The topological polar surface area (TPSA) is 175 Å². The first-order valence-electron chi connectivity index (χ1n) is 19.7. The van der Waals surface area contributed by atoms with Gasteiger partial charge in [0.25, 0.3) is 5.91 Å². The number of likely N-dealkylation sites (tertiary alicyclic amines) is 2. The molecule has 4 aromatic carbocycles. The van der Waals surface area contributed by atoms with Gasteiger partial charge in [-0.2, -0.15) is 0 Å². The standard InChI is InChI=1S/C45H46N8O6/c1-27-20-38(53(26-27)43(55)40(51-45(57)59-3)30-8-5-4-6-9-30)42-47-23-35(49-42)29-13-11-28(12-14-29)31-15-16-33-22-34(18-17-32(33)21-31)36-24-46-41(50-36)37-10-7-19-52(37)39(54)25-48-44(56)58-2/h4-6,8-9,11-18,21-24,27,37-38,40H,7,10,19-20,25-26H2,1-3H3,(H,46,50)(H,47,49)(H,48,56)(H,51,57)/t27-,37-,38-,40+/m0/s1. The SMILES string of the molecule is COC(=O)NCC(=O)N1CCC[C@H]1c1ncc(-c2ccc3cc(-c4ccc(-c5cnc([C@@H]6C[C@H](C)CN6C(=O)[C@H](NC(=O)OC)c6ccccc6)[nH]5)cc4)ccc3c2)[nH]1. The van der Waals surface area contributed by atoms with E-state index in [4.69, 9.17) is 9.72 Å². The Balaban J connectivity index is 0.947. The molecule has 4 atom stereocenters. The van der Waals surface area contributed by atoms with E-state index in [1.165, 1.54) is 14.2 Å². The van der Waals surface area contributed by atoms with Gasteiger partial charge in [0.05, 0.1) is 50.1 Å². The Morgan fingerprint density at radius 3 is 2.05 bits per heavy atom.